The normalized spacial score (nSPS) is 11.9. The van der Waals surface area contributed by atoms with Gasteiger partial charge in [-0.1, -0.05) is 37.5 Å². The number of allylic oxidation sites excluding steroid dienone is 4. The lowest BCUT2D eigenvalue weighted by atomic mass is 10.1. The Balaban J connectivity index is 5.19. The smallest absolute Gasteiger partial charge is 0.260 e. The Morgan fingerprint density at radius 3 is 2.38 bits per heavy atom. The van der Waals surface area contributed by atoms with Crippen LogP contribution >= 0.6 is 0 Å². The van der Waals surface area contributed by atoms with Crippen LogP contribution in [0.25, 0.3) is 0 Å². The van der Waals surface area contributed by atoms with E-state index in [4.69, 9.17) is 0 Å². The second kappa shape index (κ2) is 7.40. The molecule has 0 aromatic heterocycles. The Kier molecular flexibility index (Phi) is 6.52. The van der Waals surface area contributed by atoms with Gasteiger partial charge in [0, 0.05) is 12.1 Å². The molecule has 0 aliphatic carbocycles. The third-order valence-electron chi connectivity index (χ3n) is 2.07. The Bertz CT molecular complexity index is 351. The van der Waals surface area contributed by atoms with Crippen LogP contribution in [0.2, 0.25) is 0 Å². The molecule has 0 aromatic rings. The van der Waals surface area contributed by atoms with Gasteiger partial charge in [0.2, 0.25) is 6.41 Å². The fourth-order valence-corrected chi connectivity index (χ4v) is 1.14. The molecule has 0 aliphatic heterocycles. The fraction of sp³-hybridized carbons (Fsp3) is 0.231. The van der Waals surface area contributed by atoms with Crippen molar-refractivity contribution in [1.82, 2.24) is 4.90 Å². The van der Waals surface area contributed by atoms with E-state index in [0.717, 1.165) is 10.5 Å². The van der Waals surface area contributed by atoms with Crippen LogP contribution in [0.15, 0.2) is 48.6 Å². The molecule has 0 saturated heterocycles. The minimum absolute atomic E-state index is 0.335. The molecule has 0 aromatic carbocycles. The summed E-state index contributed by atoms with van der Waals surface area (Å²) in [6.45, 7) is 11.0. The third kappa shape index (κ3) is 3.69. The van der Waals surface area contributed by atoms with Gasteiger partial charge in [-0.15, -0.1) is 0 Å². The predicted octanol–water partition coefficient (Wildman–Crippen LogP) is 2.24. The van der Waals surface area contributed by atoms with Crippen molar-refractivity contribution >= 4 is 12.3 Å². The van der Waals surface area contributed by atoms with Gasteiger partial charge < -0.3 is 0 Å². The summed E-state index contributed by atoms with van der Waals surface area (Å²) in [5.41, 5.74) is 1.17. The summed E-state index contributed by atoms with van der Waals surface area (Å²) in [5.74, 6) is -0.335. The van der Waals surface area contributed by atoms with Crippen LogP contribution in [-0.4, -0.2) is 23.8 Å². The highest BCUT2D eigenvalue weighted by Crippen LogP contribution is 2.10. The molecule has 0 rings (SSSR count). The van der Waals surface area contributed by atoms with Crippen molar-refractivity contribution in [3.8, 4) is 0 Å². The molecule has 0 atom stereocenters. The molecule has 0 bridgehead atoms. The average molecular weight is 219 g/mol. The van der Waals surface area contributed by atoms with Gasteiger partial charge in [-0.2, -0.15) is 0 Å². The zero-order valence-corrected chi connectivity index (χ0v) is 9.77. The summed E-state index contributed by atoms with van der Waals surface area (Å²) in [7, 11) is 0. The molecule has 2 amide bonds. The Hall–Kier alpha value is -1.90. The molecule has 0 heterocycles. The van der Waals surface area contributed by atoms with Gasteiger partial charge in [0.25, 0.3) is 5.91 Å². The highest BCUT2D eigenvalue weighted by molar-refractivity contribution is 6.02. The summed E-state index contributed by atoms with van der Waals surface area (Å²) >= 11 is 0. The molecule has 0 saturated carbocycles. The van der Waals surface area contributed by atoms with Gasteiger partial charge in [-0.3, -0.25) is 14.5 Å². The number of rotatable bonds is 6. The number of hydrogen-bond donors (Lipinski definition) is 0. The molecule has 86 valence electrons. The second-order valence-corrected chi connectivity index (χ2v) is 3.09. The SMILES string of the molecule is C=C/C=C\C(C)=C(/C=C)C(=O)N(C=O)CC. The van der Waals surface area contributed by atoms with Crippen molar-refractivity contribution in [1.29, 1.82) is 0 Å². The standard InChI is InChI=1S/C13H17NO2/c1-5-8-9-11(4)12(6-2)13(16)14(7-3)10-15/h5-6,8-10H,1-2,7H2,3-4H3/b9-8-,12-11+. The summed E-state index contributed by atoms with van der Waals surface area (Å²) in [6.07, 6.45) is 7.07. The molecule has 0 unspecified atom stereocenters. The first-order valence-electron chi connectivity index (χ1n) is 5.01. The summed E-state index contributed by atoms with van der Waals surface area (Å²) in [6, 6.07) is 0. The van der Waals surface area contributed by atoms with Gasteiger partial charge in [-0.05, 0) is 19.4 Å². The van der Waals surface area contributed by atoms with Gasteiger partial charge >= 0.3 is 0 Å². The fourth-order valence-electron chi connectivity index (χ4n) is 1.14. The Labute approximate surface area is 96.4 Å². The van der Waals surface area contributed by atoms with E-state index >= 15 is 0 Å². The predicted molar refractivity (Wildman–Crippen MR) is 65.7 cm³/mol. The van der Waals surface area contributed by atoms with Gasteiger partial charge in [0.1, 0.15) is 0 Å². The van der Waals surface area contributed by atoms with Gasteiger partial charge in [0.15, 0.2) is 0 Å². The Morgan fingerprint density at radius 2 is 2.00 bits per heavy atom. The lowest BCUT2D eigenvalue weighted by molar-refractivity contribution is -0.134. The minimum Gasteiger partial charge on any atom is -0.281 e. The summed E-state index contributed by atoms with van der Waals surface area (Å²) in [4.78, 5) is 23.6. The maximum Gasteiger partial charge on any atom is 0.260 e. The molecule has 0 aliphatic rings. The first-order valence-corrected chi connectivity index (χ1v) is 5.01. The first-order chi connectivity index (χ1) is 7.62. The number of likely N-dealkylation sites (N-methyl/N-ethyl adjacent to an activating group) is 1. The average Bonchev–Trinajstić information content (AvgIpc) is 2.29. The van der Waals surface area contributed by atoms with Crippen molar-refractivity contribution in [2.24, 2.45) is 0 Å². The molecular formula is C13H17NO2. The van der Waals surface area contributed by atoms with E-state index in [9.17, 15) is 9.59 Å². The molecule has 0 spiro atoms. The van der Waals surface area contributed by atoms with Crippen molar-refractivity contribution < 1.29 is 9.59 Å². The van der Waals surface area contributed by atoms with E-state index in [-0.39, 0.29) is 5.91 Å². The number of amides is 2. The van der Waals surface area contributed by atoms with Crippen LogP contribution in [0.1, 0.15) is 13.8 Å². The van der Waals surface area contributed by atoms with Crippen molar-refractivity contribution in [2.45, 2.75) is 13.8 Å². The van der Waals surface area contributed by atoms with Crippen LogP contribution in [0, 0.1) is 0 Å². The maximum absolute atomic E-state index is 11.8. The quantitative estimate of drug-likeness (QED) is 0.390. The minimum atomic E-state index is -0.335. The van der Waals surface area contributed by atoms with Gasteiger partial charge in [-0.25, -0.2) is 0 Å². The monoisotopic (exact) mass is 219 g/mol. The van der Waals surface area contributed by atoms with Crippen LogP contribution < -0.4 is 0 Å². The highest BCUT2D eigenvalue weighted by Gasteiger charge is 2.14. The van der Waals surface area contributed by atoms with Crippen LogP contribution in [0.4, 0.5) is 0 Å². The topological polar surface area (TPSA) is 37.4 Å². The second-order valence-electron chi connectivity index (χ2n) is 3.09. The lowest BCUT2D eigenvalue weighted by Crippen LogP contribution is -2.30. The zero-order valence-electron chi connectivity index (χ0n) is 9.77. The van der Waals surface area contributed by atoms with Crippen molar-refractivity contribution in [3.63, 3.8) is 0 Å². The van der Waals surface area contributed by atoms with Crippen molar-refractivity contribution in [3.05, 3.63) is 48.6 Å². The largest absolute Gasteiger partial charge is 0.281 e. The number of carbonyl (C=O) groups is 2. The number of imide groups is 1. The Morgan fingerprint density at radius 1 is 1.38 bits per heavy atom. The molecular weight excluding hydrogens is 202 g/mol. The zero-order chi connectivity index (χ0) is 12.6. The van der Waals surface area contributed by atoms with E-state index < -0.39 is 0 Å². The van der Waals surface area contributed by atoms with Gasteiger partial charge in [0.05, 0.1) is 0 Å². The third-order valence-corrected chi connectivity index (χ3v) is 2.07. The first kappa shape index (κ1) is 14.1. The summed E-state index contributed by atoms with van der Waals surface area (Å²) < 4.78 is 0. The van der Waals surface area contributed by atoms with E-state index in [2.05, 4.69) is 13.2 Å². The van der Waals surface area contributed by atoms with E-state index in [0.29, 0.717) is 18.5 Å². The molecule has 0 N–H and O–H groups in total. The maximum atomic E-state index is 11.8. The molecule has 0 radical (unpaired) electrons. The number of hydrogen-bond acceptors (Lipinski definition) is 2. The van der Waals surface area contributed by atoms with E-state index in [1.54, 1.807) is 32.1 Å². The number of nitrogens with zero attached hydrogens (tertiary/aromatic N) is 1. The lowest BCUT2D eigenvalue weighted by Gasteiger charge is -2.14. The van der Waals surface area contributed by atoms with Crippen LogP contribution in [0.5, 0.6) is 0 Å². The molecule has 16 heavy (non-hydrogen) atoms. The molecule has 3 heteroatoms. The summed E-state index contributed by atoms with van der Waals surface area (Å²) in [5, 5.41) is 0. The highest BCUT2D eigenvalue weighted by atomic mass is 16.2. The molecule has 3 nitrogen and oxygen atoms in total. The van der Waals surface area contributed by atoms with Crippen LogP contribution in [-0.2, 0) is 9.59 Å². The molecule has 0 fully saturated rings. The van der Waals surface area contributed by atoms with Crippen molar-refractivity contribution in [2.75, 3.05) is 6.54 Å². The van der Waals surface area contributed by atoms with Crippen LogP contribution in [0.3, 0.4) is 0 Å². The van der Waals surface area contributed by atoms with E-state index in [1.165, 1.54) is 6.08 Å². The van der Waals surface area contributed by atoms with E-state index in [1.807, 2.05) is 0 Å². The number of carbonyl (C=O) groups excluding carboxylic acids is 2.